The van der Waals surface area contributed by atoms with Crippen molar-refractivity contribution in [1.29, 1.82) is 0 Å². The van der Waals surface area contributed by atoms with E-state index in [1.807, 2.05) is 42.5 Å². The highest BCUT2D eigenvalue weighted by atomic mass is 35.5. The number of benzene rings is 3. The van der Waals surface area contributed by atoms with Gasteiger partial charge in [-0.3, -0.25) is 0 Å². The lowest BCUT2D eigenvalue weighted by Crippen LogP contribution is -2.00. The van der Waals surface area contributed by atoms with Gasteiger partial charge in [-0.15, -0.1) is 0 Å². The van der Waals surface area contributed by atoms with Crippen molar-refractivity contribution in [2.75, 3.05) is 12.5 Å². The number of aromatic nitrogens is 2. The number of aromatic amines is 1. The maximum atomic E-state index is 6.20. The van der Waals surface area contributed by atoms with Crippen molar-refractivity contribution in [3.63, 3.8) is 0 Å². The molecule has 0 bridgehead atoms. The average Bonchev–Trinajstić information content (AvgIpc) is 3.17. The molecule has 0 atom stereocenters. The van der Waals surface area contributed by atoms with Crippen LogP contribution in [0.15, 0.2) is 65.8 Å². The summed E-state index contributed by atoms with van der Waals surface area (Å²) in [4.78, 5) is 7.57. The number of halogens is 2. The molecular weight excluding hydrogens is 423 g/mol. The number of nitrogens with zero attached hydrogens (tertiary/aromatic N) is 2. The Labute approximate surface area is 183 Å². The number of H-pyrrole nitrogens is 1. The number of ether oxygens (including phenoxy) is 2. The van der Waals surface area contributed by atoms with Crippen LogP contribution in [0.25, 0.3) is 11.0 Å². The van der Waals surface area contributed by atoms with Crippen LogP contribution in [0, 0.1) is 0 Å². The monoisotopic (exact) mass is 440 g/mol. The van der Waals surface area contributed by atoms with Gasteiger partial charge in [0.2, 0.25) is 5.95 Å². The van der Waals surface area contributed by atoms with Crippen molar-refractivity contribution < 1.29 is 9.47 Å². The lowest BCUT2D eigenvalue weighted by molar-refractivity contribution is 0.284. The fourth-order valence-electron chi connectivity index (χ4n) is 2.88. The molecule has 8 heteroatoms. The lowest BCUT2D eigenvalue weighted by atomic mass is 10.2. The molecule has 0 saturated heterocycles. The number of anilines is 1. The number of para-hydroxylation sites is 2. The zero-order valence-electron chi connectivity index (χ0n) is 16.0. The predicted octanol–water partition coefficient (Wildman–Crippen LogP) is 5.90. The van der Waals surface area contributed by atoms with Crippen LogP contribution in [0.3, 0.4) is 0 Å². The van der Waals surface area contributed by atoms with Crippen LogP contribution in [0.5, 0.6) is 11.5 Å². The van der Waals surface area contributed by atoms with Gasteiger partial charge in [-0.1, -0.05) is 41.4 Å². The summed E-state index contributed by atoms with van der Waals surface area (Å²) in [6.07, 6.45) is 1.67. The topological polar surface area (TPSA) is 71.5 Å². The molecule has 0 spiro atoms. The highest BCUT2D eigenvalue weighted by molar-refractivity contribution is 6.35. The normalized spacial score (nSPS) is 11.2. The average molecular weight is 441 g/mol. The number of imidazole rings is 1. The standard InChI is InChI=1S/C22H18Cl2N4O2/c1-29-21-11-14(12-25-28-22-26-18-7-2-3-8-19(18)27-22)9-10-20(21)30-13-15-16(23)5-4-6-17(15)24/h2-12H,13H2,1H3,(H2,26,27,28)/b25-12-. The van der Waals surface area contributed by atoms with Gasteiger partial charge in [0.1, 0.15) is 6.61 Å². The van der Waals surface area contributed by atoms with Crippen LogP contribution >= 0.6 is 23.2 Å². The summed E-state index contributed by atoms with van der Waals surface area (Å²) in [5, 5.41) is 5.34. The minimum atomic E-state index is 0.232. The van der Waals surface area contributed by atoms with Gasteiger partial charge in [0.25, 0.3) is 0 Å². The molecule has 0 saturated carbocycles. The Bertz CT molecular complexity index is 1150. The van der Waals surface area contributed by atoms with Gasteiger partial charge in [0, 0.05) is 15.6 Å². The second-order valence-corrected chi connectivity index (χ2v) is 7.19. The zero-order valence-corrected chi connectivity index (χ0v) is 17.5. The second-order valence-electron chi connectivity index (χ2n) is 6.37. The molecule has 0 fully saturated rings. The predicted molar refractivity (Wildman–Crippen MR) is 121 cm³/mol. The maximum absolute atomic E-state index is 6.20. The quantitative estimate of drug-likeness (QED) is 0.277. The fraction of sp³-hybridized carbons (Fsp3) is 0.0909. The van der Waals surface area contributed by atoms with E-state index >= 15 is 0 Å². The van der Waals surface area contributed by atoms with Crippen molar-refractivity contribution in [3.8, 4) is 11.5 Å². The molecule has 4 rings (SSSR count). The third-order valence-electron chi connectivity index (χ3n) is 4.39. The van der Waals surface area contributed by atoms with Gasteiger partial charge in [0.05, 0.1) is 24.4 Å². The number of fused-ring (bicyclic) bond motifs is 1. The molecule has 2 N–H and O–H groups in total. The summed E-state index contributed by atoms with van der Waals surface area (Å²) in [5.74, 6) is 1.72. The largest absolute Gasteiger partial charge is 0.493 e. The van der Waals surface area contributed by atoms with E-state index in [0.717, 1.165) is 22.2 Å². The number of rotatable bonds is 7. The Morgan fingerprint density at radius 3 is 2.60 bits per heavy atom. The van der Waals surface area contributed by atoms with E-state index < -0.39 is 0 Å². The molecule has 0 unspecified atom stereocenters. The van der Waals surface area contributed by atoms with Crippen LogP contribution < -0.4 is 14.9 Å². The van der Waals surface area contributed by atoms with Crippen LogP contribution in [0.1, 0.15) is 11.1 Å². The van der Waals surface area contributed by atoms with Gasteiger partial charge >= 0.3 is 0 Å². The minimum Gasteiger partial charge on any atom is -0.493 e. The Morgan fingerprint density at radius 2 is 1.83 bits per heavy atom. The SMILES string of the molecule is COc1cc(/C=N\Nc2nc3ccccc3[nH]2)ccc1OCc1c(Cl)cccc1Cl. The summed E-state index contributed by atoms with van der Waals surface area (Å²) in [5.41, 5.74) is 6.27. The Balaban J connectivity index is 1.44. The zero-order chi connectivity index (χ0) is 20.9. The molecule has 0 radical (unpaired) electrons. The summed E-state index contributed by atoms with van der Waals surface area (Å²) in [7, 11) is 1.58. The van der Waals surface area contributed by atoms with E-state index in [0.29, 0.717) is 27.5 Å². The van der Waals surface area contributed by atoms with Crippen molar-refractivity contribution in [2.45, 2.75) is 6.61 Å². The molecule has 3 aromatic carbocycles. The number of hydrogen-bond donors (Lipinski definition) is 2. The number of nitrogens with one attached hydrogen (secondary N) is 2. The highest BCUT2D eigenvalue weighted by Crippen LogP contribution is 2.31. The van der Waals surface area contributed by atoms with Crippen LogP contribution in [-0.2, 0) is 6.61 Å². The smallest absolute Gasteiger partial charge is 0.222 e. The Morgan fingerprint density at radius 1 is 1.03 bits per heavy atom. The number of hydrogen-bond acceptors (Lipinski definition) is 5. The van der Waals surface area contributed by atoms with Gasteiger partial charge in [0.15, 0.2) is 11.5 Å². The molecule has 0 aliphatic carbocycles. The fourth-order valence-corrected chi connectivity index (χ4v) is 3.38. The van der Waals surface area contributed by atoms with E-state index in [4.69, 9.17) is 32.7 Å². The highest BCUT2D eigenvalue weighted by Gasteiger charge is 2.10. The first-order chi connectivity index (χ1) is 14.6. The van der Waals surface area contributed by atoms with Crippen molar-refractivity contribution in [1.82, 2.24) is 9.97 Å². The third kappa shape index (κ3) is 4.50. The number of hydrazone groups is 1. The summed E-state index contributed by atoms with van der Waals surface area (Å²) in [6, 6.07) is 18.6. The van der Waals surface area contributed by atoms with Gasteiger partial charge in [-0.25, -0.2) is 10.4 Å². The number of methoxy groups -OCH3 is 1. The summed E-state index contributed by atoms with van der Waals surface area (Å²) >= 11 is 12.4. The summed E-state index contributed by atoms with van der Waals surface area (Å²) < 4.78 is 11.3. The van der Waals surface area contributed by atoms with E-state index in [1.54, 1.807) is 31.5 Å². The van der Waals surface area contributed by atoms with Gasteiger partial charge in [-0.05, 0) is 48.0 Å². The first-order valence-corrected chi connectivity index (χ1v) is 9.87. The second kappa shape index (κ2) is 9.07. The lowest BCUT2D eigenvalue weighted by Gasteiger charge is -2.13. The van der Waals surface area contributed by atoms with E-state index in [-0.39, 0.29) is 6.61 Å². The van der Waals surface area contributed by atoms with Crippen LogP contribution in [0.4, 0.5) is 5.95 Å². The maximum Gasteiger partial charge on any atom is 0.222 e. The minimum absolute atomic E-state index is 0.232. The molecule has 1 aromatic heterocycles. The van der Waals surface area contributed by atoms with Crippen molar-refractivity contribution in [3.05, 3.63) is 81.8 Å². The summed E-state index contributed by atoms with van der Waals surface area (Å²) in [6.45, 7) is 0.232. The van der Waals surface area contributed by atoms with E-state index in [2.05, 4.69) is 20.5 Å². The molecular formula is C22H18Cl2N4O2. The Kier molecular flexibility index (Phi) is 6.07. The van der Waals surface area contributed by atoms with Gasteiger partial charge < -0.3 is 14.5 Å². The molecule has 0 aliphatic heterocycles. The first-order valence-electron chi connectivity index (χ1n) is 9.11. The molecule has 1 heterocycles. The van der Waals surface area contributed by atoms with E-state index in [9.17, 15) is 0 Å². The third-order valence-corrected chi connectivity index (χ3v) is 5.10. The molecule has 152 valence electrons. The molecule has 0 amide bonds. The molecule has 6 nitrogen and oxygen atoms in total. The molecule has 30 heavy (non-hydrogen) atoms. The molecule has 4 aromatic rings. The van der Waals surface area contributed by atoms with Crippen molar-refractivity contribution >= 4 is 46.4 Å². The Hall–Kier alpha value is -3.22. The van der Waals surface area contributed by atoms with Crippen LogP contribution in [-0.4, -0.2) is 23.3 Å². The molecule has 0 aliphatic rings. The van der Waals surface area contributed by atoms with Crippen LogP contribution in [0.2, 0.25) is 10.0 Å². The first kappa shape index (κ1) is 20.1. The van der Waals surface area contributed by atoms with E-state index in [1.165, 1.54) is 0 Å². The van der Waals surface area contributed by atoms with Crippen molar-refractivity contribution in [2.24, 2.45) is 5.10 Å². The van der Waals surface area contributed by atoms with Gasteiger partial charge in [-0.2, -0.15) is 5.10 Å².